The number of likely N-dealkylation sites (N-methyl/N-ethyl adjacent to an activating group) is 1. The Kier molecular flexibility index (Phi) is 3.88. The topological polar surface area (TPSA) is 31.4 Å². The average molecular weight is 292 g/mol. The van der Waals surface area contributed by atoms with E-state index in [4.69, 9.17) is 0 Å². The zero-order valence-corrected chi connectivity index (χ0v) is 13.2. The molecule has 0 atom stereocenters. The molecule has 0 amide bonds. The Morgan fingerprint density at radius 2 is 2.14 bits per heavy atom. The molecule has 5 heteroatoms. The fourth-order valence-corrected chi connectivity index (χ4v) is 2.85. The molecular weight excluding hydrogens is 267 g/mol. The van der Waals surface area contributed by atoms with E-state index >= 15 is 0 Å². The van der Waals surface area contributed by atoms with E-state index in [0.29, 0.717) is 12.6 Å². The fourth-order valence-electron chi connectivity index (χ4n) is 2.85. The van der Waals surface area contributed by atoms with Gasteiger partial charge in [-0.05, 0) is 39.8 Å². The molecule has 1 aliphatic heterocycles. The minimum absolute atomic E-state index is 0.107. The van der Waals surface area contributed by atoms with Gasteiger partial charge in [0.05, 0.1) is 6.20 Å². The van der Waals surface area contributed by atoms with Crippen molar-refractivity contribution in [1.29, 1.82) is 0 Å². The predicted octanol–water partition coefficient (Wildman–Crippen LogP) is 2.00. The first kappa shape index (κ1) is 14.7. The standard InChI is InChI=1S/C16H25FN4/c1-16(2)11-21(7-6-20(16)3)15-12(8-13(17)10-19-15)9-18-14-4-5-14/h8,10,14,18H,4-7,9,11H2,1-3H3. The van der Waals surface area contributed by atoms with Gasteiger partial charge in [-0.15, -0.1) is 0 Å². The maximum absolute atomic E-state index is 13.6. The highest BCUT2D eigenvalue weighted by Gasteiger charge is 2.32. The summed E-state index contributed by atoms with van der Waals surface area (Å²) in [4.78, 5) is 9.05. The predicted molar refractivity (Wildman–Crippen MR) is 83.0 cm³/mol. The SMILES string of the molecule is CN1CCN(c2ncc(F)cc2CNC2CC2)CC1(C)C. The molecule has 0 unspecified atom stereocenters. The lowest BCUT2D eigenvalue weighted by Crippen LogP contribution is -2.58. The molecule has 1 aliphatic carbocycles. The maximum atomic E-state index is 13.6. The van der Waals surface area contributed by atoms with Gasteiger partial charge in [-0.3, -0.25) is 4.90 Å². The molecule has 0 spiro atoms. The lowest BCUT2D eigenvalue weighted by Gasteiger charge is -2.46. The van der Waals surface area contributed by atoms with Crippen LogP contribution in [0.15, 0.2) is 12.3 Å². The third-order valence-electron chi connectivity index (χ3n) is 4.68. The molecule has 1 saturated heterocycles. The summed E-state index contributed by atoms with van der Waals surface area (Å²) < 4.78 is 13.6. The normalized spacial score (nSPS) is 22.6. The first-order chi connectivity index (χ1) is 9.95. The van der Waals surface area contributed by atoms with Crippen molar-refractivity contribution in [2.75, 3.05) is 31.6 Å². The average Bonchev–Trinajstić information content (AvgIpc) is 3.24. The molecule has 2 fully saturated rings. The van der Waals surface area contributed by atoms with Gasteiger partial charge in [0.15, 0.2) is 0 Å². The third-order valence-corrected chi connectivity index (χ3v) is 4.68. The van der Waals surface area contributed by atoms with Crippen molar-refractivity contribution in [3.63, 3.8) is 0 Å². The first-order valence-electron chi connectivity index (χ1n) is 7.80. The monoisotopic (exact) mass is 292 g/mol. The minimum Gasteiger partial charge on any atom is -0.353 e. The van der Waals surface area contributed by atoms with Crippen LogP contribution in [0.5, 0.6) is 0 Å². The highest BCUT2D eigenvalue weighted by molar-refractivity contribution is 5.48. The molecule has 1 aromatic heterocycles. The van der Waals surface area contributed by atoms with E-state index in [0.717, 1.165) is 31.0 Å². The van der Waals surface area contributed by atoms with Crippen LogP contribution in [0.2, 0.25) is 0 Å². The molecule has 0 aromatic carbocycles. The summed E-state index contributed by atoms with van der Waals surface area (Å²) in [6.45, 7) is 8.04. The molecule has 1 saturated carbocycles. The van der Waals surface area contributed by atoms with Crippen LogP contribution >= 0.6 is 0 Å². The molecule has 1 N–H and O–H groups in total. The number of rotatable bonds is 4. The summed E-state index contributed by atoms with van der Waals surface area (Å²) in [5.41, 5.74) is 1.08. The Morgan fingerprint density at radius 3 is 2.81 bits per heavy atom. The van der Waals surface area contributed by atoms with E-state index in [2.05, 4.69) is 41.0 Å². The molecule has 4 nitrogen and oxygen atoms in total. The Bertz CT molecular complexity index is 513. The summed E-state index contributed by atoms with van der Waals surface area (Å²) >= 11 is 0. The van der Waals surface area contributed by atoms with Crippen molar-refractivity contribution >= 4 is 5.82 Å². The Hall–Kier alpha value is -1.20. The number of aromatic nitrogens is 1. The fraction of sp³-hybridized carbons (Fsp3) is 0.688. The molecule has 116 valence electrons. The highest BCUT2D eigenvalue weighted by Crippen LogP contribution is 2.27. The van der Waals surface area contributed by atoms with Crippen LogP contribution < -0.4 is 10.2 Å². The second-order valence-corrected chi connectivity index (χ2v) is 6.95. The van der Waals surface area contributed by atoms with E-state index in [1.165, 1.54) is 19.0 Å². The minimum atomic E-state index is -0.250. The number of hydrogen-bond donors (Lipinski definition) is 1. The van der Waals surface area contributed by atoms with Gasteiger partial charge in [0.1, 0.15) is 11.6 Å². The summed E-state index contributed by atoms with van der Waals surface area (Å²) in [5.74, 6) is 0.686. The van der Waals surface area contributed by atoms with Gasteiger partial charge in [-0.25, -0.2) is 9.37 Å². The quantitative estimate of drug-likeness (QED) is 0.920. The molecular formula is C16H25FN4. The number of halogens is 1. The molecule has 2 aliphatic rings. The second-order valence-electron chi connectivity index (χ2n) is 6.95. The molecule has 2 heterocycles. The third kappa shape index (κ3) is 3.35. The summed E-state index contributed by atoms with van der Waals surface area (Å²) in [6, 6.07) is 2.24. The van der Waals surface area contributed by atoms with Crippen molar-refractivity contribution in [3.05, 3.63) is 23.6 Å². The lowest BCUT2D eigenvalue weighted by molar-refractivity contribution is 0.138. The number of nitrogens with one attached hydrogen (secondary N) is 1. The van der Waals surface area contributed by atoms with E-state index < -0.39 is 0 Å². The van der Waals surface area contributed by atoms with Crippen molar-refractivity contribution < 1.29 is 4.39 Å². The van der Waals surface area contributed by atoms with Gasteiger partial charge in [0.2, 0.25) is 0 Å². The highest BCUT2D eigenvalue weighted by atomic mass is 19.1. The van der Waals surface area contributed by atoms with Crippen LogP contribution in [0.3, 0.4) is 0 Å². The Morgan fingerprint density at radius 1 is 1.38 bits per heavy atom. The van der Waals surface area contributed by atoms with Crippen LogP contribution in [0, 0.1) is 5.82 Å². The first-order valence-corrected chi connectivity index (χ1v) is 7.80. The smallest absolute Gasteiger partial charge is 0.141 e. The van der Waals surface area contributed by atoms with Crippen LogP contribution in [-0.4, -0.2) is 48.1 Å². The largest absolute Gasteiger partial charge is 0.353 e. The zero-order chi connectivity index (χ0) is 15.0. The van der Waals surface area contributed by atoms with Crippen molar-refractivity contribution in [3.8, 4) is 0 Å². The van der Waals surface area contributed by atoms with Gasteiger partial charge in [-0.1, -0.05) is 0 Å². The van der Waals surface area contributed by atoms with Crippen molar-refractivity contribution in [2.45, 2.75) is 44.8 Å². The van der Waals surface area contributed by atoms with E-state index in [1.54, 1.807) is 6.07 Å². The number of anilines is 1. The number of hydrogen-bond acceptors (Lipinski definition) is 4. The van der Waals surface area contributed by atoms with E-state index in [-0.39, 0.29) is 11.4 Å². The number of piperazine rings is 1. The van der Waals surface area contributed by atoms with Crippen molar-refractivity contribution in [1.82, 2.24) is 15.2 Å². The summed E-state index contributed by atoms with van der Waals surface area (Å²) in [5, 5.41) is 3.47. The maximum Gasteiger partial charge on any atom is 0.141 e. The van der Waals surface area contributed by atoms with Gasteiger partial charge < -0.3 is 10.2 Å². The second kappa shape index (κ2) is 5.54. The molecule has 0 radical (unpaired) electrons. The van der Waals surface area contributed by atoms with Crippen LogP contribution in [-0.2, 0) is 6.54 Å². The van der Waals surface area contributed by atoms with Crippen molar-refractivity contribution in [2.24, 2.45) is 0 Å². The number of nitrogens with zero attached hydrogens (tertiary/aromatic N) is 3. The summed E-state index contributed by atoms with van der Waals surface area (Å²) in [7, 11) is 2.16. The molecule has 1 aromatic rings. The molecule has 0 bridgehead atoms. The molecule has 21 heavy (non-hydrogen) atoms. The Balaban J connectivity index is 1.79. The van der Waals surface area contributed by atoms with Gasteiger partial charge >= 0.3 is 0 Å². The van der Waals surface area contributed by atoms with Crippen LogP contribution in [0.4, 0.5) is 10.2 Å². The lowest BCUT2D eigenvalue weighted by atomic mass is 9.99. The van der Waals surface area contributed by atoms with E-state index in [1.807, 2.05) is 0 Å². The van der Waals surface area contributed by atoms with E-state index in [9.17, 15) is 4.39 Å². The summed E-state index contributed by atoms with van der Waals surface area (Å²) in [6.07, 6.45) is 3.81. The zero-order valence-electron chi connectivity index (χ0n) is 13.2. The Labute approximate surface area is 126 Å². The van der Waals surface area contributed by atoms with Gasteiger partial charge in [0, 0.05) is 43.3 Å². The van der Waals surface area contributed by atoms with Crippen LogP contribution in [0.25, 0.3) is 0 Å². The van der Waals surface area contributed by atoms with Crippen LogP contribution in [0.1, 0.15) is 32.3 Å². The van der Waals surface area contributed by atoms with Gasteiger partial charge in [-0.2, -0.15) is 0 Å². The number of pyridine rings is 1. The van der Waals surface area contributed by atoms with Gasteiger partial charge in [0.25, 0.3) is 0 Å². The molecule has 3 rings (SSSR count).